The number of nitrogens with one attached hydrogen (secondary N) is 1. The van der Waals surface area contributed by atoms with Crippen LogP contribution >= 0.6 is 11.6 Å². The quantitative estimate of drug-likeness (QED) is 0.780. The second-order valence-electron chi connectivity index (χ2n) is 4.81. The molecule has 0 aliphatic rings. The van der Waals surface area contributed by atoms with Gasteiger partial charge in [0.1, 0.15) is 6.26 Å². The summed E-state index contributed by atoms with van der Waals surface area (Å²) in [4.78, 5) is 16.1. The number of hydrogen-bond donors (Lipinski definition) is 1. The molecule has 0 radical (unpaired) electrons. The van der Waals surface area contributed by atoms with E-state index in [1.165, 1.54) is 11.8 Å². The van der Waals surface area contributed by atoms with Crippen LogP contribution in [0.5, 0.6) is 0 Å². The van der Waals surface area contributed by atoms with E-state index in [2.05, 4.69) is 32.2 Å². The van der Waals surface area contributed by atoms with Crippen LogP contribution < -0.4 is 5.32 Å². The first-order valence-corrected chi connectivity index (χ1v) is 8.92. The minimum Gasteiger partial charge on any atom is -0.609 e. The lowest BCUT2D eigenvalue weighted by Crippen LogP contribution is -2.22. The molecule has 118 valence electrons. The summed E-state index contributed by atoms with van der Waals surface area (Å²) in [6, 6.07) is 4.21. The molecule has 8 heteroatoms. The maximum Gasteiger partial charge on any atom is 0.348 e. The van der Waals surface area contributed by atoms with E-state index in [4.69, 9.17) is 11.6 Å². The van der Waals surface area contributed by atoms with Gasteiger partial charge in [-0.05, 0) is 48.6 Å². The number of hydrogen-bond acceptors (Lipinski definition) is 6. The Hall–Kier alpha value is -1.44. The number of pyridine rings is 1. The minimum absolute atomic E-state index is 0.0479. The Kier molecular flexibility index (Phi) is 6.35. The number of anilines is 1. The molecule has 0 aliphatic carbocycles. The molecule has 2 heterocycles. The zero-order valence-electron chi connectivity index (χ0n) is 12.5. The van der Waals surface area contributed by atoms with Gasteiger partial charge in [0.2, 0.25) is 11.2 Å². The van der Waals surface area contributed by atoms with Gasteiger partial charge in [-0.15, -0.1) is 4.98 Å². The van der Waals surface area contributed by atoms with Crippen molar-refractivity contribution in [2.45, 2.75) is 37.4 Å². The highest BCUT2D eigenvalue weighted by Crippen LogP contribution is 2.14. The Morgan fingerprint density at radius 3 is 2.64 bits per heavy atom. The summed E-state index contributed by atoms with van der Waals surface area (Å²) in [6.07, 6.45) is 7.86. The van der Waals surface area contributed by atoms with Crippen molar-refractivity contribution in [1.29, 1.82) is 0 Å². The molecule has 0 aromatic carbocycles. The van der Waals surface area contributed by atoms with Crippen molar-refractivity contribution in [3.63, 3.8) is 0 Å². The van der Waals surface area contributed by atoms with E-state index in [0.29, 0.717) is 5.95 Å². The number of aryl methyl sites for hydroxylation is 1. The molecular formula is C14H18ClN5OS. The highest BCUT2D eigenvalue weighted by molar-refractivity contribution is 7.90. The van der Waals surface area contributed by atoms with Gasteiger partial charge < -0.3 is 9.87 Å². The molecule has 0 amide bonds. The van der Waals surface area contributed by atoms with Crippen molar-refractivity contribution in [1.82, 2.24) is 19.9 Å². The predicted molar refractivity (Wildman–Crippen MR) is 87.4 cm³/mol. The van der Waals surface area contributed by atoms with Gasteiger partial charge in [0.05, 0.1) is 0 Å². The molecule has 2 unspecified atom stereocenters. The molecule has 1 N–H and O–H groups in total. The number of aromatic nitrogens is 4. The van der Waals surface area contributed by atoms with Gasteiger partial charge in [-0.2, -0.15) is 9.97 Å². The maximum atomic E-state index is 11.5. The number of halogens is 1. The molecule has 0 spiro atoms. The van der Waals surface area contributed by atoms with Crippen molar-refractivity contribution in [3.05, 3.63) is 35.4 Å². The molecule has 6 nitrogen and oxygen atoms in total. The van der Waals surface area contributed by atoms with E-state index in [-0.39, 0.29) is 16.5 Å². The van der Waals surface area contributed by atoms with Crippen LogP contribution in [0.2, 0.25) is 5.28 Å². The smallest absolute Gasteiger partial charge is 0.348 e. The highest BCUT2D eigenvalue weighted by Gasteiger charge is 2.15. The Bertz CT molecular complexity index is 599. The summed E-state index contributed by atoms with van der Waals surface area (Å²) in [5.41, 5.74) is 1.24. The lowest BCUT2D eigenvalue weighted by atomic mass is 10.0. The topological polar surface area (TPSA) is 86.7 Å². The van der Waals surface area contributed by atoms with E-state index in [9.17, 15) is 4.55 Å². The van der Waals surface area contributed by atoms with E-state index >= 15 is 0 Å². The third-order valence-corrected chi connectivity index (χ3v) is 4.07. The minimum atomic E-state index is -1.29. The van der Waals surface area contributed by atoms with Crippen molar-refractivity contribution in [2.75, 3.05) is 11.6 Å². The fraction of sp³-hybridized carbons (Fsp3) is 0.429. The van der Waals surface area contributed by atoms with E-state index in [1.54, 1.807) is 12.4 Å². The van der Waals surface area contributed by atoms with Crippen LogP contribution in [-0.4, -0.2) is 36.8 Å². The molecule has 2 aromatic rings. The lowest BCUT2D eigenvalue weighted by molar-refractivity contribution is 0.589. The molecule has 0 saturated heterocycles. The first-order valence-electron chi connectivity index (χ1n) is 6.99. The molecule has 22 heavy (non-hydrogen) atoms. The molecule has 0 saturated carbocycles. The summed E-state index contributed by atoms with van der Waals surface area (Å²) in [5, 5.41) is 3.47. The molecular weight excluding hydrogens is 322 g/mol. The summed E-state index contributed by atoms with van der Waals surface area (Å²) in [5.74, 6) is 0.367. The van der Waals surface area contributed by atoms with Crippen LogP contribution in [0.3, 0.4) is 0 Å². The monoisotopic (exact) mass is 339 g/mol. The fourth-order valence-electron chi connectivity index (χ4n) is 1.98. The second kappa shape index (κ2) is 8.26. The molecule has 2 aromatic heterocycles. The Morgan fingerprint density at radius 2 is 2.00 bits per heavy atom. The zero-order chi connectivity index (χ0) is 15.9. The summed E-state index contributed by atoms with van der Waals surface area (Å²) < 4.78 is 11.5. The van der Waals surface area contributed by atoms with Crippen molar-refractivity contribution in [3.8, 4) is 0 Å². The van der Waals surface area contributed by atoms with Crippen molar-refractivity contribution in [2.24, 2.45) is 0 Å². The second-order valence-corrected chi connectivity index (χ2v) is 6.42. The first-order chi connectivity index (χ1) is 10.6. The number of nitrogens with zero attached hydrogens (tertiary/aromatic N) is 4. The van der Waals surface area contributed by atoms with E-state index in [1.807, 2.05) is 12.1 Å². The Morgan fingerprint density at radius 1 is 1.27 bits per heavy atom. The van der Waals surface area contributed by atoms with Gasteiger partial charge in [-0.3, -0.25) is 4.98 Å². The van der Waals surface area contributed by atoms with Crippen molar-refractivity contribution >= 4 is 28.7 Å². The predicted octanol–water partition coefficient (Wildman–Crippen LogP) is 2.48. The average molecular weight is 340 g/mol. The van der Waals surface area contributed by atoms with Crippen LogP contribution in [0.15, 0.2) is 29.7 Å². The molecule has 0 fully saturated rings. The van der Waals surface area contributed by atoms with Crippen LogP contribution in [0.1, 0.15) is 25.3 Å². The van der Waals surface area contributed by atoms with Gasteiger partial charge >= 0.3 is 5.16 Å². The maximum absolute atomic E-state index is 11.5. The zero-order valence-corrected chi connectivity index (χ0v) is 14.1. The van der Waals surface area contributed by atoms with Gasteiger partial charge in [-0.1, -0.05) is 6.92 Å². The third kappa shape index (κ3) is 5.08. The van der Waals surface area contributed by atoms with E-state index in [0.717, 1.165) is 19.3 Å². The van der Waals surface area contributed by atoms with Gasteiger partial charge in [-0.25, -0.2) is 0 Å². The Labute approximate surface area is 138 Å². The van der Waals surface area contributed by atoms with Gasteiger partial charge in [0.15, 0.2) is 0 Å². The normalized spacial score (nSPS) is 13.6. The summed E-state index contributed by atoms with van der Waals surface area (Å²) >= 11 is 4.56. The third-order valence-electron chi connectivity index (χ3n) is 3.20. The first kappa shape index (κ1) is 16.9. The SMILES string of the molecule is CCC(CCc1ccncc1)Nc1nc(Cl)nc([S+](C)[O-])n1. The molecule has 0 bridgehead atoms. The fourth-order valence-corrected chi connectivity index (χ4v) is 2.62. The van der Waals surface area contributed by atoms with E-state index < -0.39 is 11.2 Å². The highest BCUT2D eigenvalue weighted by atomic mass is 35.5. The van der Waals surface area contributed by atoms with Crippen LogP contribution in [0, 0.1) is 0 Å². The van der Waals surface area contributed by atoms with Gasteiger partial charge in [0.25, 0.3) is 0 Å². The number of rotatable bonds is 7. The molecule has 0 aliphatic heterocycles. The standard InChI is InChI=1S/C14H18ClN5OS/c1-3-11(5-4-10-6-8-16-9-7-10)17-13-18-12(15)19-14(20-13)22(2)21/h6-9,11H,3-5H2,1-2H3,(H,17,18,19,20). The molecule has 2 rings (SSSR count). The van der Waals surface area contributed by atoms with Gasteiger partial charge in [0, 0.05) is 29.6 Å². The van der Waals surface area contributed by atoms with Crippen molar-refractivity contribution < 1.29 is 4.55 Å². The molecule has 2 atom stereocenters. The van der Waals surface area contributed by atoms with Crippen LogP contribution in [0.25, 0.3) is 0 Å². The average Bonchev–Trinajstić information content (AvgIpc) is 2.51. The Balaban J connectivity index is 2.00. The van der Waals surface area contributed by atoms with Crippen LogP contribution in [0.4, 0.5) is 5.95 Å². The summed E-state index contributed by atoms with van der Waals surface area (Å²) in [7, 11) is 0. The summed E-state index contributed by atoms with van der Waals surface area (Å²) in [6.45, 7) is 2.09. The largest absolute Gasteiger partial charge is 0.609 e. The lowest BCUT2D eigenvalue weighted by Gasteiger charge is -2.17. The van der Waals surface area contributed by atoms with Crippen LogP contribution in [-0.2, 0) is 17.6 Å².